The molecule has 7 heteroatoms. The second kappa shape index (κ2) is 5.47. The van der Waals surface area contributed by atoms with Crippen LogP contribution in [0.5, 0.6) is 0 Å². The summed E-state index contributed by atoms with van der Waals surface area (Å²) < 4.78 is 1.83. The molecule has 0 fully saturated rings. The summed E-state index contributed by atoms with van der Waals surface area (Å²) >= 11 is 0. The van der Waals surface area contributed by atoms with Crippen LogP contribution in [0, 0.1) is 17.0 Å². The molecule has 0 radical (unpaired) electrons. The van der Waals surface area contributed by atoms with E-state index in [4.69, 9.17) is 0 Å². The van der Waals surface area contributed by atoms with E-state index in [1.54, 1.807) is 12.4 Å². The quantitative estimate of drug-likeness (QED) is 0.653. The predicted molar refractivity (Wildman–Crippen MR) is 71.0 cm³/mol. The lowest BCUT2D eigenvalue weighted by molar-refractivity contribution is -0.384. The van der Waals surface area contributed by atoms with Crippen LogP contribution >= 0.6 is 0 Å². The minimum absolute atomic E-state index is 0.0953. The molecule has 1 aromatic heterocycles. The van der Waals surface area contributed by atoms with Gasteiger partial charge in [-0.15, -0.1) is 10.2 Å². The fourth-order valence-electron chi connectivity index (χ4n) is 1.87. The van der Waals surface area contributed by atoms with Crippen molar-refractivity contribution in [1.82, 2.24) is 14.8 Å². The van der Waals surface area contributed by atoms with E-state index in [2.05, 4.69) is 15.5 Å². The zero-order chi connectivity index (χ0) is 13.8. The Labute approximate surface area is 110 Å². The van der Waals surface area contributed by atoms with Crippen LogP contribution in [0.3, 0.4) is 0 Å². The van der Waals surface area contributed by atoms with E-state index >= 15 is 0 Å². The second-order valence-electron chi connectivity index (χ2n) is 4.26. The highest BCUT2D eigenvalue weighted by Gasteiger charge is 2.14. The third kappa shape index (κ3) is 2.87. The fraction of sp³-hybridized carbons (Fsp3) is 0.333. The van der Waals surface area contributed by atoms with Gasteiger partial charge in [0.1, 0.15) is 17.8 Å². The number of nitro groups is 1. The minimum atomic E-state index is -0.377. The Balaban J connectivity index is 2.07. The van der Waals surface area contributed by atoms with E-state index in [1.807, 2.05) is 24.6 Å². The van der Waals surface area contributed by atoms with Gasteiger partial charge in [-0.25, -0.2) is 0 Å². The molecule has 2 aromatic rings. The maximum atomic E-state index is 11.0. The highest BCUT2D eigenvalue weighted by atomic mass is 16.6. The molecule has 7 nitrogen and oxygen atoms in total. The SMILES string of the molecule is Cc1cccc([N+](=O)[O-])c1NCCc1nncn1C. The van der Waals surface area contributed by atoms with Gasteiger partial charge in [-0.05, 0) is 12.5 Å². The molecule has 0 saturated heterocycles. The van der Waals surface area contributed by atoms with Crippen molar-refractivity contribution in [3.8, 4) is 0 Å². The Morgan fingerprint density at radius 1 is 1.47 bits per heavy atom. The molecule has 1 aromatic carbocycles. The number of benzene rings is 1. The van der Waals surface area contributed by atoms with Crippen LogP contribution in [0.15, 0.2) is 24.5 Å². The molecule has 0 bridgehead atoms. The van der Waals surface area contributed by atoms with Gasteiger partial charge in [-0.1, -0.05) is 12.1 Å². The summed E-state index contributed by atoms with van der Waals surface area (Å²) in [5.74, 6) is 0.837. The first-order valence-corrected chi connectivity index (χ1v) is 5.90. The van der Waals surface area contributed by atoms with E-state index < -0.39 is 0 Å². The number of nitrogens with one attached hydrogen (secondary N) is 1. The Kier molecular flexibility index (Phi) is 3.74. The summed E-state index contributed by atoms with van der Waals surface area (Å²) in [5.41, 5.74) is 1.51. The van der Waals surface area contributed by atoms with Crippen LogP contribution in [0.4, 0.5) is 11.4 Å². The maximum absolute atomic E-state index is 11.0. The van der Waals surface area contributed by atoms with Crippen LogP contribution < -0.4 is 5.32 Å². The van der Waals surface area contributed by atoms with E-state index in [-0.39, 0.29) is 10.6 Å². The standard InChI is InChI=1S/C12H15N5O2/c1-9-4-3-5-10(17(18)19)12(9)13-7-6-11-15-14-8-16(11)2/h3-5,8,13H,6-7H2,1-2H3. The third-order valence-electron chi connectivity index (χ3n) is 2.90. The van der Waals surface area contributed by atoms with Gasteiger partial charge < -0.3 is 9.88 Å². The minimum Gasteiger partial charge on any atom is -0.379 e. The van der Waals surface area contributed by atoms with Crippen LogP contribution in [-0.2, 0) is 13.5 Å². The molecule has 0 aliphatic carbocycles. The zero-order valence-corrected chi connectivity index (χ0v) is 10.8. The van der Waals surface area contributed by atoms with Gasteiger partial charge in [0, 0.05) is 26.1 Å². The smallest absolute Gasteiger partial charge is 0.292 e. The average Bonchev–Trinajstić information content (AvgIpc) is 2.77. The highest BCUT2D eigenvalue weighted by molar-refractivity contribution is 5.65. The van der Waals surface area contributed by atoms with Crippen LogP contribution in [0.2, 0.25) is 0 Å². The van der Waals surface area contributed by atoms with Gasteiger partial charge in [0.2, 0.25) is 0 Å². The fourth-order valence-corrected chi connectivity index (χ4v) is 1.87. The van der Waals surface area contributed by atoms with Crippen molar-refractivity contribution in [2.75, 3.05) is 11.9 Å². The molecule has 1 N–H and O–H groups in total. The number of para-hydroxylation sites is 1. The summed E-state index contributed by atoms with van der Waals surface area (Å²) in [5, 5.41) is 21.8. The average molecular weight is 261 g/mol. The highest BCUT2D eigenvalue weighted by Crippen LogP contribution is 2.27. The lowest BCUT2D eigenvalue weighted by atomic mass is 10.1. The number of hydrogen-bond acceptors (Lipinski definition) is 5. The van der Waals surface area contributed by atoms with Crippen molar-refractivity contribution in [3.63, 3.8) is 0 Å². The van der Waals surface area contributed by atoms with E-state index in [0.717, 1.165) is 11.4 Å². The normalized spacial score (nSPS) is 10.4. The number of nitro benzene ring substituents is 1. The molecule has 0 spiro atoms. The molecule has 1 heterocycles. The Hall–Kier alpha value is -2.44. The summed E-state index contributed by atoms with van der Waals surface area (Å²) in [6, 6.07) is 5.02. The molecule has 19 heavy (non-hydrogen) atoms. The van der Waals surface area contributed by atoms with Gasteiger partial charge in [-0.2, -0.15) is 0 Å². The summed E-state index contributed by atoms with van der Waals surface area (Å²) in [6.07, 6.45) is 2.29. The van der Waals surface area contributed by atoms with Crippen LogP contribution in [-0.4, -0.2) is 26.2 Å². The van der Waals surface area contributed by atoms with Crippen molar-refractivity contribution in [2.24, 2.45) is 7.05 Å². The van der Waals surface area contributed by atoms with Crippen molar-refractivity contribution in [3.05, 3.63) is 46.0 Å². The Morgan fingerprint density at radius 3 is 2.89 bits per heavy atom. The van der Waals surface area contributed by atoms with Crippen LogP contribution in [0.1, 0.15) is 11.4 Å². The van der Waals surface area contributed by atoms with Crippen molar-refractivity contribution in [2.45, 2.75) is 13.3 Å². The van der Waals surface area contributed by atoms with Crippen molar-refractivity contribution in [1.29, 1.82) is 0 Å². The topological polar surface area (TPSA) is 85.9 Å². The molecule has 2 rings (SSSR count). The number of aryl methyl sites for hydroxylation is 2. The molecular formula is C12H15N5O2. The van der Waals surface area contributed by atoms with E-state index in [0.29, 0.717) is 18.7 Å². The van der Waals surface area contributed by atoms with E-state index in [9.17, 15) is 10.1 Å². The number of rotatable bonds is 5. The number of nitrogens with zero attached hydrogens (tertiary/aromatic N) is 4. The van der Waals surface area contributed by atoms with E-state index in [1.165, 1.54) is 6.07 Å². The maximum Gasteiger partial charge on any atom is 0.292 e. The third-order valence-corrected chi connectivity index (χ3v) is 2.90. The molecule has 0 amide bonds. The summed E-state index contributed by atoms with van der Waals surface area (Å²) in [7, 11) is 1.87. The van der Waals surface area contributed by atoms with Crippen molar-refractivity contribution < 1.29 is 4.92 Å². The zero-order valence-electron chi connectivity index (χ0n) is 10.8. The van der Waals surface area contributed by atoms with Gasteiger partial charge in [0.15, 0.2) is 0 Å². The molecule has 0 atom stereocenters. The number of anilines is 1. The molecular weight excluding hydrogens is 246 g/mol. The van der Waals surface area contributed by atoms with Gasteiger partial charge in [-0.3, -0.25) is 10.1 Å². The Morgan fingerprint density at radius 2 is 2.26 bits per heavy atom. The Bertz CT molecular complexity index is 594. The monoisotopic (exact) mass is 261 g/mol. The largest absolute Gasteiger partial charge is 0.379 e. The van der Waals surface area contributed by atoms with Gasteiger partial charge in [0.25, 0.3) is 5.69 Å². The predicted octanol–water partition coefficient (Wildman–Crippen LogP) is 1.69. The lowest BCUT2D eigenvalue weighted by Crippen LogP contribution is -2.10. The van der Waals surface area contributed by atoms with Crippen LogP contribution in [0.25, 0.3) is 0 Å². The summed E-state index contributed by atoms with van der Waals surface area (Å²) in [6.45, 7) is 2.41. The molecule has 0 unspecified atom stereocenters. The number of aromatic nitrogens is 3. The van der Waals surface area contributed by atoms with Crippen molar-refractivity contribution >= 4 is 11.4 Å². The van der Waals surface area contributed by atoms with Gasteiger partial charge >= 0.3 is 0 Å². The first-order chi connectivity index (χ1) is 9.09. The van der Waals surface area contributed by atoms with Gasteiger partial charge in [0.05, 0.1) is 4.92 Å². The summed E-state index contributed by atoms with van der Waals surface area (Å²) in [4.78, 5) is 10.6. The molecule has 0 saturated carbocycles. The molecule has 0 aliphatic heterocycles. The first-order valence-electron chi connectivity index (χ1n) is 5.90. The number of hydrogen-bond donors (Lipinski definition) is 1. The molecule has 0 aliphatic rings. The first kappa shape index (κ1) is 13.0. The lowest BCUT2D eigenvalue weighted by Gasteiger charge is -2.09. The second-order valence-corrected chi connectivity index (χ2v) is 4.26. The molecule has 100 valence electrons.